The first-order valence-electron chi connectivity index (χ1n) is 6.39. The van der Waals surface area contributed by atoms with Crippen LogP contribution >= 0.6 is 0 Å². The Hall–Kier alpha value is -1.71. The number of likely N-dealkylation sites (N-methyl/N-ethyl adjacent to an activating group) is 1. The van der Waals surface area contributed by atoms with Gasteiger partial charge in [0.1, 0.15) is 5.75 Å². The molecule has 1 aliphatic rings. The Balaban J connectivity index is 2.07. The van der Waals surface area contributed by atoms with Crippen molar-refractivity contribution in [2.24, 2.45) is 0 Å². The molecule has 1 aromatic rings. The molecule has 1 heterocycles. The van der Waals surface area contributed by atoms with Gasteiger partial charge in [0, 0.05) is 13.1 Å². The van der Waals surface area contributed by atoms with Crippen LogP contribution in [0.2, 0.25) is 0 Å². The summed E-state index contributed by atoms with van der Waals surface area (Å²) in [4.78, 5) is 14.0. The number of carbonyl (C=O) groups excluding carboxylic acids is 1. The molecule has 0 spiro atoms. The number of nitrogens with zero attached hydrogens (tertiary/aromatic N) is 1. The van der Waals surface area contributed by atoms with Gasteiger partial charge in [-0.2, -0.15) is 0 Å². The van der Waals surface area contributed by atoms with Gasteiger partial charge in [-0.3, -0.25) is 4.79 Å². The van der Waals surface area contributed by atoms with Crippen molar-refractivity contribution in [3.63, 3.8) is 0 Å². The highest BCUT2D eigenvalue weighted by Gasteiger charge is 2.29. The number of nitrogens with one attached hydrogen (secondary N) is 1. The van der Waals surface area contributed by atoms with Gasteiger partial charge in [-0.1, -0.05) is 19.1 Å². The standard InChI is InChI=1S/C14H20N2O2/c1-4-10(2)16(3)14(17)13-9-15-11-7-5-6-8-12(11)18-13/h5-8,10,13,15H,4,9H2,1-3H3. The zero-order valence-electron chi connectivity index (χ0n) is 11.1. The number of fused-ring (bicyclic) bond motifs is 1. The minimum Gasteiger partial charge on any atom is -0.477 e. The minimum absolute atomic E-state index is 0.0337. The van der Waals surface area contributed by atoms with Crippen molar-refractivity contribution in [1.82, 2.24) is 4.90 Å². The number of ether oxygens (including phenoxy) is 1. The van der Waals surface area contributed by atoms with Crippen molar-refractivity contribution >= 4 is 11.6 Å². The fraction of sp³-hybridized carbons (Fsp3) is 0.500. The first kappa shape index (κ1) is 12.7. The van der Waals surface area contributed by atoms with E-state index in [-0.39, 0.29) is 11.9 Å². The largest absolute Gasteiger partial charge is 0.477 e. The van der Waals surface area contributed by atoms with Gasteiger partial charge in [-0.05, 0) is 25.5 Å². The summed E-state index contributed by atoms with van der Waals surface area (Å²) in [6.07, 6.45) is 0.512. The third kappa shape index (κ3) is 2.42. The zero-order chi connectivity index (χ0) is 13.1. The number of benzene rings is 1. The monoisotopic (exact) mass is 248 g/mol. The maximum atomic E-state index is 12.3. The number of amides is 1. The van der Waals surface area contributed by atoms with E-state index in [1.54, 1.807) is 4.90 Å². The summed E-state index contributed by atoms with van der Waals surface area (Å²) in [5, 5.41) is 3.23. The molecule has 2 atom stereocenters. The molecule has 0 aromatic heterocycles. The number of hydrogen-bond acceptors (Lipinski definition) is 3. The highest BCUT2D eigenvalue weighted by Crippen LogP contribution is 2.28. The molecule has 1 amide bonds. The van der Waals surface area contributed by atoms with Gasteiger partial charge in [-0.25, -0.2) is 0 Å². The van der Waals surface area contributed by atoms with Crippen molar-refractivity contribution in [2.75, 3.05) is 18.9 Å². The summed E-state index contributed by atoms with van der Waals surface area (Å²) in [5.74, 6) is 0.783. The lowest BCUT2D eigenvalue weighted by Gasteiger charge is -2.32. The van der Waals surface area contributed by atoms with Crippen molar-refractivity contribution in [3.8, 4) is 5.75 Å². The third-order valence-corrected chi connectivity index (χ3v) is 3.51. The van der Waals surface area contributed by atoms with Crippen LogP contribution in [0.4, 0.5) is 5.69 Å². The summed E-state index contributed by atoms with van der Waals surface area (Å²) in [6.45, 7) is 4.64. The molecular formula is C14H20N2O2. The Morgan fingerprint density at radius 3 is 3.00 bits per heavy atom. The molecule has 0 bridgehead atoms. The van der Waals surface area contributed by atoms with E-state index in [2.05, 4.69) is 12.2 Å². The predicted octanol–water partition coefficient (Wildman–Crippen LogP) is 2.12. The molecule has 2 unspecified atom stereocenters. The average molecular weight is 248 g/mol. The maximum Gasteiger partial charge on any atom is 0.265 e. The summed E-state index contributed by atoms with van der Waals surface area (Å²) in [6, 6.07) is 7.92. The first-order chi connectivity index (χ1) is 8.63. The lowest BCUT2D eigenvalue weighted by atomic mass is 10.1. The van der Waals surface area contributed by atoms with Crippen LogP contribution in [0.1, 0.15) is 20.3 Å². The Morgan fingerprint density at radius 2 is 2.28 bits per heavy atom. The molecule has 0 radical (unpaired) electrons. The molecule has 98 valence electrons. The van der Waals surface area contributed by atoms with Crippen molar-refractivity contribution in [2.45, 2.75) is 32.4 Å². The quantitative estimate of drug-likeness (QED) is 0.891. The smallest absolute Gasteiger partial charge is 0.265 e. The second kappa shape index (κ2) is 5.29. The van der Waals surface area contributed by atoms with Crippen molar-refractivity contribution < 1.29 is 9.53 Å². The minimum atomic E-state index is -0.432. The van der Waals surface area contributed by atoms with Crippen LogP contribution in [0, 0.1) is 0 Å². The van der Waals surface area contributed by atoms with Crippen LogP contribution in [0.3, 0.4) is 0 Å². The Morgan fingerprint density at radius 1 is 1.56 bits per heavy atom. The topological polar surface area (TPSA) is 41.6 Å². The highest BCUT2D eigenvalue weighted by atomic mass is 16.5. The fourth-order valence-corrected chi connectivity index (χ4v) is 1.97. The van der Waals surface area contributed by atoms with Gasteiger partial charge in [0.25, 0.3) is 5.91 Å². The SMILES string of the molecule is CCC(C)N(C)C(=O)C1CNc2ccccc2O1. The number of hydrogen-bond donors (Lipinski definition) is 1. The second-order valence-corrected chi connectivity index (χ2v) is 4.69. The lowest BCUT2D eigenvalue weighted by molar-refractivity contribution is -0.138. The molecule has 2 rings (SSSR count). The molecule has 4 heteroatoms. The van der Waals surface area contributed by atoms with Crippen molar-refractivity contribution in [1.29, 1.82) is 0 Å². The molecule has 0 fully saturated rings. The summed E-state index contributed by atoms with van der Waals surface area (Å²) < 4.78 is 5.76. The van der Waals surface area contributed by atoms with E-state index in [9.17, 15) is 4.79 Å². The Bertz CT molecular complexity index is 434. The van der Waals surface area contributed by atoms with E-state index in [4.69, 9.17) is 4.74 Å². The first-order valence-corrected chi connectivity index (χ1v) is 6.39. The van der Waals surface area contributed by atoms with E-state index in [0.717, 1.165) is 17.9 Å². The molecule has 1 aliphatic heterocycles. The van der Waals surface area contributed by atoms with Gasteiger partial charge in [0.05, 0.1) is 12.2 Å². The molecule has 18 heavy (non-hydrogen) atoms. The van der Waals surface area contributed by atoms with Gasteiger partial charge >= 0.3 is 0 Å². The van der Waals surface area contributed by atoms with Crippen LogP contribution in [0.25, 0.3) is 0 Å². The van der Waals surface area contributed by atoms with E-state index in [1.165, 1.54) is 0 Å². The van der Waals surface area contributed by atoms with Crippen LogP contribution in [0.5, 0.6) is 5.75 Å². The molecule has 1 N–H and O–H groups in total. The molecular weight excluding hydrogens is 228 g/mol. The van der Waals surface area contributed by atoms with Crippen LogP contribution in [0.15, 0.2) is 24.3 Å². The van der Waals surface area contributed by atoms with Gasteiger partial charge in [-0.15, -0.1) is 0 Å². The third-order valence-electron chi connectivity index (χ3n) is 3.51. The molecule has 0 aliphatic carbocycles. The van der Waals surface area contributed by atoms with Gasteiger partial charge in [0.2, 0.25) is 0 Å². The average Bonchev–Trinajstić information content (AvgIpc) is 2.44. The number of para-hydroxylation sites is 2. The van der Waals surface area contributed by atoms with Crippen molar-refractivity contribution in [3.05, 3.63) is 24.3 Å². The number of rotatable bonds is 3. The van der Waals surface area contributed by atoms with E-state index in [0.29, 0.717) is 6.54 Å². The fourth-order valence-electron chi connectivity index (χ4n) is 1.97. The van der Waals surface area contributed by atoms with E-state index < -0.39 is 6.10 Å². The zero-order valence-corrected chi connectivity index (χ0v) is 11.1. The van der Waals surface area contributed by atoms with Crippen LogP contribution in [-0.4, -0.2) is 36.5 Å². The molecule has 1 aromatic carbocycles. The summed E-state index contributed by atoms with van der Waals surface area (Å²) >= 11 is 0. The lowest BCUT2D eigenvalue weighted by Crippen LogP contribution is -2.48. The number of anilines is 1. The highest BCUT2D eigenvalue weighted by molar-refractivity contribution is 5.83. The Labute approximate surface area is 108 Å². The molecule has 4 nitrogen and oxygen atoms in total. The Kier molecular flexibility index (Phi) is 3.75. The molecule has 0 saturated heterocycles. The predicted molar refractivity (Wildman–Crippen MR) is 71.9 cm³/mol. The van der Waals surface area contributed by atoms with E-state index >= 15 is 0 Å². The summed E-state index contributed by atoms with van der Waals surface area (Å²) in [5.41, 5.74) is 0.952. The van der Waals surface area contributed by atoms with Gasteiger partial charge < -0.3 is 15.0 Å². The van der Waals surface area contributed by atoms with Crippen LogP contribution < -0.4 is 10.1 Å². The van der Waals surface area contributed by atoms with E-state index in [1.807, 2.05) is 38.2 Å². The second-order valence-electron chi connectivity index (χ2n) is 4.69. The normalized spacial score (nSPS) is 19.2. The maximum absolute atomic E-state index is 12.3. The van der Waals surface area contributed by atoms with Gasteiger partial charge in [0.15, 0.2) is 6.10 Å². The van der Waals surface area contributed by atoms with Crippen LogP contribution in [-0.2, 0) is 4.79 Å². The molecule has 0 saturated carbocycles. The summed E-state index contributed by atoms with van der Waals surface area (Å²) in [7, 11) is 1.83. The number of carbonyl (C=O) groups is 1.